The Hall–Kier alpha value is -2.20. The lowest BCUT2D eigenvalue weighted by molar-refractivity contribution is -0.141. The molecule has 1 heterocycles. The summed E-state index contributed by atoms with van der Waals surface area (Å²) < 4.78 is 0. The predicted molar refractivity (Wildman–Crippen MR) is 88.0 cm³/mol. The summed E-state index contributed by atoms with van der Waals surface area (Å²) in [5.74, 6) is 0.177. The van der Waals surface area contributed by atoms with Crippen molar-refractivity contribution < 1.29 is 14.7 Å². The van der Waals surface area contributed by atoms with Gasteiger partial charge in [-0.2, -0.15) is 17.0 Å². The fourth-order valence-electron chi connectivity index (χ4n) is 2.43. The van der Waals surface area contributed by atoms with Gasteiger partial charge in [-0.05, 0) is 18.1 Å². The van der Waals surface area contributed by atoms with Crippen LogP contribution >= 0.6 is 11.8 Å². The van der Waals surface area contributed by atoms with Gasteiger partial charge in [0.1, 0.15) is 0 Å². The summed E-state index contributed by atoms with van der Waals surface area (Å²) in [4.78, 5) is 24.3. The molecule has 1 aromatic rings. The second kappa shape index (κ2) is 8.44. The smallest absolute Gasteiger partial charge is 0.317 e. The molecule has 0 aromatic heterocycles. The Morgan fingerprint density at radius 3 is 2.91 bits per heavy atom. The van der Waals surface area contributed by atoms with E-state index in [0.29, 0.717) is 25.1 Å². The van der Waals surface area contributed by atoms with E-state index in [1.807, 2.05) is 18.2 Å². The largest absolute Gasteiger partial charge is 0.481 e. The van der Waals surface area contributed by atoms with Crippen molar-refractivity contribution >= 4 is 23.8 Å². The van der Waals surface area contributed by atoms with E-state index < -0.39 is 11.9 Å². The molecule has 1 aromatic carbocycles. The first-order valence-corrected chi connectivity index (χ1v) is 8.58. The van der Waals surface area contributed by atoms with E-state index in [0.717, 1.165) is 17.1 Å². The monoisotopic (exact) mass is 333 g/mol. The number of carbonyl (C=O) groups is 2. The Morgan fingerprint density at radius 1 is 1.43 bits per heavy atom. The van der Waals surface area contributed by atoms with Gasteiger partial charge in [0.15, 0.2) is 0 Å². The summed E-state index contributed by atoms with van der Waals surface area (Å²) in [6.45, 7) is 1.29. The van der Waals surface area contributed by atoms with Gasteiger partial charge in [-0.3, -0.25) is 4.79 Å². The number of carboxylic acid groups (broad SMARTS) is 1. The summed E-state index contributed by atoms with van der Waals surface area (Å²) in [7, 11) is 0. The molecule has 2 N–H and O–H groups in total. The van der Waals surface area contributed by atoms with Crippen molar-refractivity contribution in [2.45, 2.75) is 12.2 Å². The van der Waals surface area contributed by atoms with E-state index in [1.165, 1.54) is 0 Å². The molecule has 0 aliphatic carbocycles. The Morgan fingerprint density at radius 2 is 2.22 bits per heavy atom. The first-order valence-electron chi connectivity index (χ1n) is 7.43. The van der Waals surface area contributed by atoms with Crippen molar-refractivity contribution in [3.8, 4) is 6.07 Å². The van der Waals surface area contributed by atoms with Gasteiger partial charge in [-0.25, -0.2) is 4.79 Å². The third-order valence-corrected chi connectivity index (χ3v) is 4.75. The Kier molecular flexibility index (Phi) is 6.29. The summed E-state index contributed by atoms with van der Waals surface area (Å²) in [5, 5.41) is 20.7. The fraction of sp³-hybridized carbons (Fsp3) is 0.438. The molecule has 122 valence electrons. The van der Waals surface area contributed by atoms with Crippen LogP contribution in [0, 0.1) is 17.2 Å². The Labute approximate surface area is 139 Å². The van der Waals surface area contributed by atoms with Crippen LogP contribution in [0.4, 0.5) is 4.79 Å². The molecule has 7 heteroatoms. The minimum Gasteiger partial charge on any atom is -0.481 e. The average Bonchev–Trinajstić information content (AvgIpc) is 3.05. The maximum atomic E-state index is 11.9. The first kappa shape index (κ1) is 17.2. The molecule has 23 heavy (non-hydrogen) atoms. The van der Waals surface area contributed by atoms with Crippen LogP contribution in [0.2, 0.25) is 0 Å². The molecule has 0 saturated carbocycles. The van der Waals surface area contributed by atoms with E-state index in [2.05, 4.69) is 11.4 Å². The van der Waals surface area contributed by atoms with Crippen LogP contribution in [0.3, 0.4) is 0 Å². The molecule has 2 amide bonds. The summed E-state index contributed by atoms with van der Waals surface area (Å²) in [6, 6.07) is 9.44. The molecule has 1 aliphatic heterocycles. The van der Waals surface area contributed by atoms with Gasteiger partial charge in [0.2, 0.25) is 0 Å². The highest BCUT2D eigenvalue weighted by atomic mass is 32.2. The quantitative estimate of drug-likeness (QED) is 0.776. The van der Waals surface area contributed by atoms with Gasteiger partial charge in [0, 0.05) is 31.1 Å². The number of carbonyl (C=O) groups excluding carboxylic acids is 1. The molecule has 1 atom stereocenters. The lowest BCUT2D eigenvalue weighted by atomic mass is 10.1. The van der Waals surface area contributed by atoms with Gasteiger partial charge >= 0.3 is 12.0 Å². The second-order valence-electron chi connectivity index (χ2n) is 5.32. The third kappa shape index (κ3) is 4.89. The van der Waals surface area contributed by atoms with Crippen molar-refractivity contribution in [3.63, 3.8) is 0 Å². The number of benzene rings is 1. The van der Waals surface area contributed by atoms with Gasteiger partial charge < -0.3 is 15.3 Å². The topological polar surface area (TPSA) is 93.4 Å². The number of hydrogen-bond donors (Lipinski definition) is 2. The second-order valence-corrected chi connectivity index (χ2v) is 6.43. The molecule has 0 spiro atoms. The molecule has 0 radical (unpaired) electrons. The van der Waals surface area contributed by atoms with Crippen LogP contribution in [0.5, 0.6) is 0 Å². The van der Waals surface area contributed by atoms with Gasteiger partial charge in [-0.1, -0.05) is 18.2 Å². The van der Waals surface area contributed by atoms with E-state index in [1.54, 1.807) is 22.7 Å². The predicted octanol–water partition coefficient (Wildman–Crippen LogP) is 1.91. The van der Waals surface area contributed by atoms with Crippen molar-refractivity contribution in [2.24, 2.45) is 5.92 Å². The number of likely N-dealkylation sites (tertiary alicyclic amines) is 1. The van der Waals surface area contributed by atoms with Crippen molar-refractivity contribution in [2.75, 3.05) is 25.4 Å². The number of rotatable bonds is 6. The molecular formula is C16H19N3O3S. The fourth-order valence-corrected chi connectivity index (χ4v) is 3.29. The SMILES string of the molecule is N#Cc1ccccc1CSCCNC(=O)N1CCC(C(=O)O)C1. The third-order valence-electron chi connectivity index (χ3n) is 3.74. The van der Waals surface area contributed by atoms with Crippen molar-refractivity contribution in [1.82, 2.24) is 10.2 Å². The summed E-state index contributed by atoms with van der Waals surface area (Å²) >= 11 is 1.65. The molecule has 1 aliphatic rings. The maximum Gasteiger partial charge on any atom is 0.317 e. The van der Waals surface area contributed by atoms with Gasteiger partial charge in [0.25, 0.3) is 0 Å². The number of nitriles is 1. The van der Waals surface area contributed by atoms with Crippen molar-refractivity contribution in [3.05, 3.63) is 35.4 Å². The molecule has 1 saturated heterocycles. The van der Waals surface area contributed by atoms with E-state index in [-0.39, 0.29) is 12.6 Å². The van der Waals surface area contributed by atoms with Crippen LogP contribution in [-0.2, 0) is 10.5 Å². The lowest BCUT2D eigenvalue weighted by Gasteiger charge is -2.16. The number of hydrogen-bond acceptors (Lipinski definition) is 4. The summed E-state index contributed by atoms with van der Waals surface area (Å²) in [5.41, 5.74) is 1.68. The summed E-state index contributed by atoms with van der Waals surface area (Å²) in [6.07, 6.45) is 0.516. The van der Waals surface area contributed by atoms with Crippen LogP contribution in [0.1, 0.15) is 17.5 Å². The molecule has 2 rings (SSSR count). The van der Waals surface area contributed by atoms with Crippen LogP contribution in [-0.4, -0.2) is 47.4 Å². The average molecular weight is 333 g/mol. The first-order chi connectivity index (χ1) is 11.1. The number of nitrogens with zero attached hydrogens (tertiary/aromatic N) is 2. The number of amides is 2. The standard InChI is InChI=1S/C16H19N3O3S/c17-9-12-3-1-2-4-14(12)11-23-8-6-18-16(22)19-7-5-13(10-19)15(20)21/h1-4,13H,5-8,10-11H2,(H,18,22)(H,20,21). The van der Waals surface area contributed by atoms with Crippen LogP contribution < -0.4 is 5.32 Å². The molecule has 6 nitrogen and oxygen atoms in total. The molecule has 0 bridgehead atoms. The normalized spacial score (nSPS) is 16.8. The van der Waals surface area contributed by atoms with Crippen LogP contribution in [0.15, 0.2) is 24.3 Å². The van der Waals surface area contributed by atoms with Gasteiger partial charge in [-0.15, -0.1) is 0 Å². The van der Waals surface area contributed by atoms with Gasteiger partial charge in [0.05, 0.1) is 17.6 Å². The highest BCUT2D eigenvalue weighted by Crippen LogP contribution is 2.17. The number of urea groups is 1. The van der Waals surface area contributed by atoms with Crippen LogP contribution in [0.25, 0.3) is 0 Å². The number of aliphatic carboxylic acids is 1. The number of thioether (sulfide) groups is 1. The number of carboxylic acids is 1. The lowest BCUT2D eigenvalue weighted by Crippen LogP contribution is -2.39. The van der Waals surface area contributed by atoms with E-state index >= 15 is 0 Å². The highest BCUT2D eigenvalue weighted by Gasteiger charge is 2.30. The highest BCUT2D eigenvalue weighted by molar-refractivity contribution is 7.98. The number of nitrogens with one attached hydrogen (secondary N) is 1. The zero-order valence-electron chi connectivity index (χ0n) is 12.7. The van der Waals surface area contributed by atoms with E-state index in [9.17, 15) is 9.59 Å². The Balaban J connectivity index is 1.65. The zero-order valence-corrected chi connectivity index (χ0v) is 13.5. The minimum absolute atomic E-state index is 0.202. The minimum atomic E-state index is -0.841. The molecular weight excluding hydrogens is 314 g/mol. The maximum absolute atomic E-state index is 11.9. The molecule has 1 fully saturated rings. The Bertz CT molecular complexity index is 615. The molecule has 1 unspecified atom stereocenters. The van der Waals surface area contributed by atoms with Crippen molar-refractivity contribution in [1.29, 1.82) is 5.26 Å². The zero-order chi connectivity index (χ0) is 16.7. The van der Waals surface area contributed by atoms with E-state index in [4.69, 9.17) is 10.4 Å².